The Morgan fingerprint density at radius 2 is 2.36 bits per heavy atom. The molecule has 0 aliphatic carbocycles. The van der Waals surface area contributed by atoms with E-state index in [2.05, 4.69) is 4.72 Å². The maximum atomic E-state index is 11.6. The SMILES string of the molecule is CCCNS(=O)(=O)N1CCOCC1N. The minimum atomic E-state index is -3.42. The van der Waals surface area contributed by atoms with Crippen molar-refractivity contribution in [3.63, 3.8) is 0 Å². The Labute approximate surface area is 84.6 Å². The summed E-state index contributed by atoms with van der Waals surface area (Å²) in [5.74, 6) is 0. The van der Waals surface area contributed by atoms with E-state index in [1.165, 1.54) is 4.31 Å². The molecule has 0 spiro atoms. The maximum Gasteiger partial charge on any atom is 0.280 e. The second-order valence-corrected chi connectivity index (χ2v) is 4.86. The van der Waals surface area contributed by atoms with Crippen LogP contribution in [0.3, 0.4) is 0 Å². The standard InChI is InChI=1S/C7H17N3O3S/c1-2-3-9-14(11,12)10-4-5-13-6-7(10)8/h7,9H,2-6,8H2,1H3. The molecule has 1 atom stereocenters. The van der Waals surface area contributed by atoms with Crippen molar-refractivity contribution < 1.29 is 13.2 Å². The van der Waals surface area contributed by atoms with Crippen molar-refractivity contribution in [2.75, 3.05) is 26.3 Å². The Kier molecular flexibility index (Phi) is 4.27. The highest BCUT2D eigenvalue weighted by Crippen LogP contribution is 2.06. The Morgan fingerprint density at radius 3 is 2.93 bits per heavy atom. The molecule has 1 heterocycles. The van der Waals surface area contributed by atoms with Crippen LogP contribution in [0.1, 0.15) is 13.3 Å². The molecule has 0 aromatic carbocycles. The quantitative estimate of drug-likeness (QED) is 0.630. The third-order valence-electron chi connectivity index (χ3n) is 1.96. The van der Waals surface area contributed by atoms with Crippen LogP contribution in [0.25, 0.3) is 0 Å². The normalized spacial score (nSPS) is 25.1. The highest BCUT2D eigenvalue weighted by molar-refractivity contribution is 7.87. The molecule has 84 valence electrons. The lowest BCUT2D eigenvalue weighted by molar-refractivity contribution is 0.0344. The minimum absolute atomic E-state index is 0.257. The van der Waals surface area contributed by atoms with E-state index in [4.69, 9.17) is 10.5 Å². The molecule has 0 bridgehead atoms. The predicted octanol–water partition coefficient (Wildman–Crippen LogP) is -1.15. The van der Waals surface area contributed by atoms with Gasteiger partial charge in [0, 0.05) is 13.1 Å². The molecule has 0 radical (unpaired) electrons. The van der Waals surface area contributed by atoms with Crippen molar-refractivity contribution in [3.8, 4) is 0 Å². The van der Waals surface area contributed by atoms with E-state index in [0.29, 0.717) is 19.7 Å². The van der Waals surface area contributed by atoms with Crippen LogP contribution in [0.5, 0.6) is 0 Å². The lowest BCUT2D eigenvalue weighted by Crippen LogP contribution is -2.56. The van der Waals surface area contributed by atoms with Gasteiger partial charge in [0.25, 0.3) is 10.2 Å². The fourth-order valence-corrected chi connectivity index (χ4v) is 2.58. The van der Waals surface area contributed by atoms with E-state index in [-0.39, 0.29) is 6.61 Å². The van der Waals surface area contributed by atoms with Crippen molar-refractivity contribution in [2.45, 2.75) is 19.5 Å². The average molecular weight is 223 g/mol. The van der Waals surface area contributed by atoms with Gasteiger partial charge in [-0.1, -0.05) is 6.92 Å². The number of ether oxygens (including phenoxy) is 1. The van der Waals surface area contributed by atoms with Gasteiger partial charge in [0.1, 0.15) is 0 Å². The summed E-state index contributed by atoms with van der Waals surface area (Å²) in [6, 6.07) is 0. The van der Waals surface area contributed by atoms with Gasteiger partial charge in [0.15, 0.2) is 0 Å². The van der Waals surface area contributed by atoms with E-state index >= 15 is 0 Å². The highest BCUT2D eigenvalue weighted by Gasteiger charge is 2.29. The van der Waals surface area contributed by atoms with E-state index in [9.17, 15) is 8.42 Å². The molecule has 7 heteroatoms. The summed E-state index contributed by atoms with van der Waals surface area (Å²) in [5.41, 5.74) is 5.62. The number of hydrogen-bond acceptors (Lipinski definition) is 4. The lowest BCUT2D eigenvalue weighted by Gasteiger charge is -2.31. The molecule has 0 amide bonds. The van der Waals surface area contributed by atoms with Gasteiger partial charge in [0.05, 0.1) is 19.4 Å². The van der Waals surface area contributed by atoms with Crippen LogP contribution in [-0.4, -0.2) is 45.2 Å². The molecule has 1 saturated heterocycles. The molecule has 0 saturated carbocycles. The monoisotopic (exact) mass is 223 g/mol. The van der Waals surface area contributed by atoms with Gasteiger partial charge < -0.3 is 10.5 Å². The molecule has 6 nitrogen and oxygen atoms in total. The smallest absolute Gasteiger partial charge is 0.280 e. The molecule has 1 aliphatic heterocycles. The fraction of sp³-hybridized carbons (Fsp3) is 1.00. The number of morpholine rings is 1. The van der Waals surface area contributed by atoms with Crippen molar-refractivity contribution in [3.05, 3.63) is 0 Å². The first kappa shape index (κ1) is 11.9. The van der Waals surface area contributed by atoms with Crippen LogP contribution in [-0.2, 0) is 14.9 Å². The Bertz CT molecular complexity index is 267. The van der Waals surface area contributed by atoms with Crippen LogP contribution in [0.4, 0.5) is 0 Å². The summed E-state index contributed by atoms with van der Waals surface area (Å²) >= 11 is 0. The average Bonchev–Trinajstić information content (AvgIpc) is 2.15. The molecule has 1 rings (SSSR count). The first-order valence-corrected chi connectivity index (χ1v) is 6.11. The van der Waals surface area contributed by atoms with Gasteiger partial charge in [-0.05, 0) is 6.42 Å². The minimum Gasteiger partial charge on any atom is -0.377 e. The van der Waals surface area contributed by atoms with Crippen LogP contribution in [0.15, 0.2) is 0 Å². The van der Waals surface area contributed by atoms with E-state index in [0.717, 1.165) is 6.42 Å². The molecular weight excluding hydrogens is 206 g/mol. The zero-order valence-electron chi connectivity index (χ0n) is 8.27. The number of nitrogens with zero attached hydrogens (tertiary/aromatic N) is 1. The summed E-state index contributed by atoms with van der Waals surface area (Å²) in [6.07, 6.45) is 0.192. The first-order chi connectivity index (χ1) is 6.58. The lowest BCUT2D eigenvalue weighted by atomic mass is 10.4. The van der Waals surface area contributed by atoms with Crippen molar-refractivity contribution in [1.82, 2.24) is 9.03 Å². The molecule has 1 aliphatic rings. The molecule has 0 aromatic heterocycles. The van der Waals surface area contributed by atoms with Gasteiger partial charge in [0.2, 0.25) is 0 Å². The van der Waals surface area contributed by atoms with Crippen molar-refractivity contribution in [2.24, 2.45) is 5.73 Å². The maximum absolute atomic E-state index is 11.6. The molecule has 14 heavy (non-hydrogen) atoms. The Morgan fingerprint density at radius 1 is 1.64 bits per heavy atom. The second kappa shape index (κ2) is 5.04. The van der Waals surface area contributed by atoms with Crippen LogP contribution < -0.4 is 10.5 Å². The zero-order chi connectivity index (χ0) is 10.6. The number of nitrogens with one attached hydrogen (secondary N) is 1. The van der Waals surface area contributed by atoms with Crippen molar-refractivity contribution >= 4 is 10.2 Å². The first-order valence-electron chi connectivity index (χ1n) is 4.67. The summed E-state index contributed by atoms with van der Waals surface area (Å²) < 4.78 is 32.0. The van der Waals surface area contributed by atoms with Gasteiger partial charge >= 0.3 is 0 Å². The largest absolute Gasteiger partial charge is 0.377 e. The molecule has 0 aromatic rings. The van der Waals surface area contributed by atoms with Crippen molar-refractivity contribution in [1.29, 1.82) is 0 Å². The van der Waals surface area contributed by atoms with E-state index in [1.807, 2.05) is 6.92 Å². The Hall–Kier alpha value is -0.210. The number of hydrogen-bond donors (Lipinski definition) is 2. The topological polar surface area (TPSA) is 84.7 Å². The molecule has 3 N–H and O–H groups in total. The third-order valence-corrected chi connectivity index (χ3v) is 3.60. The fourth-order valence-electron chi connectivity index (χ4n) is 1.22. The predicted molar refractivity (Wildman–Crippen MR) is 52.7 cm³/mol. The van der Waals surface area contributed by atoms with E-state index < -0.39 is 16.4 Å². The zero-order valence-corrected chi connectivity index (χ0v) is 9.09. The third kappa shape index (κ3) is 2.89. The van der Waals surface area contributed by atoms with Crippen LogP contribution in [0, 0.1) is 0 Å². The second-order valence-electron chi connectivity index (χ2n) is 3.15. The molecule has 1 fully saturated rings. The van der Waals surface area contributed by atoms with E-state index in [1.54, 1.807) is 0 Å². The summed E-state index contributed by atoms with van der Waals surface area (Å²) in [4.78, 5) is 0. The molecule has 1 unspecified atom stereocenters. The van der Waals surface area contributed by atoms with Crippen LogP contribution in [0.2, 0.25) is 0 Å². The van der Waals surface area contributed by atoms with Gasteiger partial charge in [-0.3, -0.25) is 0 Å². The summed E-state index contributed by atoms with van der Waals surface area (Å²) in [6.45, 7) is 3.32. The molecular formula is C7H17N3O3S. The van der Waals surface area contributed by atoms with Gasteiger partial charge in [-0.25, -0.2) is 4.72 Å². The number of rotatable bonds is 4. The van der Waals surface area contributed by atoms with Gasteiger partial charge in [-0.2, -0.15) is 12.7 Å². The van der Waals surface area contributed by atoms with Crippen LogP contribution >= 0.6 is 0 Å². The summed E-state index contributed by atoms with van der Waals surface area (Å²) in [7, 11) is -3.42. The highest BCUT2D eigenvalue weighted by atomic mass is 32.2. The summed E-state index contributed by atoms with van der Waals surface area (Å²) in [5, 5.41) is 0. The Balaban J connectivity index is 2.60. The van der Waals surface area contributed by atoms with Gasteiger partial charge in [-0.15, -0.1) is 0 Å². The number of nitrogens with two attached hydrogens (primary N) is 1.